The van der Waals surface area contributed by atoms with Crippen LogP contribution in [0.1, 0.15) is 15.9 Å². The Kier molecular flexibility index (Phi) is 5.40. The van der Waals surface area contributed by atoms with Crippen molar-refractivity contribution in [3.05, 3.63) is 39.4 Å². The number of nitrogens with zero attached hydrogens (tertiary/aromatic N) is 1. The fraction of sp³-hybridized carbons (Fsp3) is 0.417. The summed E-state index contributed by atoms with van der Waals surface area (Å²) in [4.78, 5) is 22.2. The molecule has 104 valence electrons. The fourth-order valence-electron chi connectivity index (χ4n) is 1.64. The van der Waals surface area contributed by atoms with Crippen LogP contribution in [0.25, 0.3) is 0 Å². The van der Waals surface area contributed by atoms with Crippen LogP contribution in [0.2, 0.25) is 0 Å². The lowest BCUT2D eigenvalue weighted by atomic mass is 10.1. The summed E-state index contributed by atoms with van der Waals surface area (Å²) in [6.45, 7) is 1.61. The summed E-state index contributed by atoms with van der Waals surface area (Å²) in [5.41, 5.74) is 0.172. The van der Waals surface area contributed by atoms with Crippen molar-refractivity contribution in [2.75, 3.05) is 20.3 Å². The van der Waals surface area contributed by atoms with E-state index in [1.165, 1.54) is 13.2 Å². The highest BCUT2D eigenvalue weighted by Crippen LogP contribution is 2.22. The molecule has 0 saturated heterocycles. The third-order valence-electron chi connectivity index (χ3n) is 2.52. The Morgan fingerprint density at radius 2 is 2.26 bits per heavy atom. The largest absolute Gasteiger partial charge is 0.389 e. The molecular weight excluding hydrogens is 252 g/mol. The zero-order chi connectivity index (χ0) is 14.4. The molecule has 0 spiro atoms. The van der Waals surface area contributed by atoms with Crippen LogP contribution < -0.4 is 5.32 Å². The molecule has 0 fully saturated rings. The van der Waals surface area contributed by atoms with Crippen LogP contribution in [-0.4, -0.2) is 42.3 Å². The highest BCUT2D eigenvalue weighted by molar-refractivity contribution is 5.98. The zero-order valence-electron chi connectivity index (χ0n) is 10.8. The van der Waals surface area contributed by atoms with Gasteiger partial charge in [-0.3, -0.25) is 14.9 Å². The van der Waals surface area contributed by atoms with Crippen LogP contribution in [0.15, 0.2) is 18.2 Å². The van der Waals surface area contributed by atoms with Gasteiger partial charge in [0.05, 0.1) is 17.6 Å². The van der Waals surface area contributed by atoms with Gasteiger partial charge in [0, 0.05) is 19.2 Å². The smallest absolute Gasteiger partial charge is 0.285 e. The van der Waals surface area contributed by atoms with Crippen LogP contribution in [0.4, 0.5) is 5.69 Å². The average molecular weight is 268 g/mol. The summed E-state index contributed by atoms with van der Waals surface area (Å²) < 4.78 is 4.71. The lowest BCUT2D eigenvalue weighted by Gasteiger charge is -2.11. The number of para-hydroxylation sites is 1. The summed E-state index contributed by atoms with van der Waals surface area (Å²) in [7, 11) is 1.43. The van der Waals surface area contributed by atoms with E-state index in [9.17, 15) is 20.0 Å². The van der Waals surface area contributed by atoms with E-state index in [0.717, 1.165) is 0 Å². The first-order chi connectivity index (χ1) is 8.97. The number of nitrogens with one attached hydrogen (secondary N) is 1. The van der Waals surface area contributed by atoms with Gasteiger partial charge in [0.25, 0.3) is 11.6 Å². The van der Waals surface area contributed by atoms with Crippen molar-refractivity contribution in [1.82, 2.24) is 5.32 Å². The molecule has 1 rings (SSSR count). The Morgan fingerprint density at radius 1 is 1.58 bits per heavy atom. The zero-order valence-corrected chi connectivity index (χ0v) is 10.8. The van der Waals surface area contributed by atoms with E-state index in [1.807, 2.05) is 0 Å². The average Bonchev–Trinajstić information content (AvgIpc) is 2.35. The minimum atomic E-state index is -0.849. The molecule has 2 N–H and O–H groups in total. The van der Waals surface area contributed by atoms with Crippen LogP contribution in [0.3, 0.4) is 0 Å². The van der Waals surface area contributed by atoms with Gasteiger partial charge in [0.1, 0.15) is 5.56 Å². The number of rotatable bonds is 6. The van der Waals surface area contributed by atoms with Crippen molar-refractivity contribution in [1.29, 1.82) is 0 Å². The van der Waals surface area contributed by atoms with Gasteiger partial charge in [-0.15, -0.1) is 0 Å². The quantitative estimate of drug-likeness (QED) is 0.582. The lowest BCUT2D eigenvalue weighted by molar-refractivity contribution is -0.385. The Bertz CT molecular complexity index is 475. The Labute approximate surface area is 110 Å². The molecule has 1 aromatic carbocycles. The number of hydrogen-bond acceptors (Lipinski definition) is 5. The number of aryl methyl sites for hydroxylation is 1. The van der Waals surface area contributed by atoms with Crippen molar-refractivity contribution in [3.8, 4) is 0 Å². The molecule has 7 heteroatoms. The van der Waals surface area contributed by atoms with Gasteiger partial charge >= 0.3 is 0 Å². The molecule has 7 nitrogen and oxygen atoms in total. The van der Waals surface area contributed by atoms with Crippen molar-refractivity contribution in [3.63, 3.8) is 0 Å². The summed E-state index contributed by atoms with van der Waals surface area (Å²) in [6.07, 6.45) is -0.849. The molecule has 0 radical (unpaired) electrons. The van der Waals surface area contributed by atoms with E-state index in [2.05, 4.69) is 5.32 Å². The number of amides is 1. The summed E-state index contributed by atoms with van der Waals surface area (Å²) in [6, 6.07) is 4.51. The van der Waals surface area contributed by atoms with Crippen molar-refractivity contribution < 1.29 is 19.6 Å². The second-order valence-electron chi connectivity index (χ2n) is 4.05. The first kappa shape index (κ1) is 15.1. The molecule has 0 aliphatic carbocycles. The molecule has 19 heavy (non-hydrogen) atoms. The second-order valence-corrected chi connectivity index (χ2v) is 4.05. The standard InChI is InChI=1S/C12H16N2O5/c1-8-4-3-5-10(11(8)14(17)18)12(16)13-6-9(15)7-19-2/h3-5,9,15H,6-7H2,1-2H3,(H,13,16). The number of nitro groups is 1. The van der Waals surface area contributed by atoms with Gasteiger partial charge in [-0.05, 0) is 13.0 Å². The third kappa shape index (κ3) is 4.01. The van der Waals surface area contributed by atoms with Gasteiger partial charge < -0.3 is 15.2 Å². The van der Waals surface area contributed by atoms with E-state index >= 15 is 0 Å². The van der Waals surface area contributed by atoms with Crippen LogP contribution in [-0.2, 0) is 4.74 Å². The number of ether oxygens (including phenoxy) is 1. The normalized spacial score (nSPS) is 11.9. The van der Waals surface area contributed by atoms with E-state index in [0.29, 0.717) is 5.56 Å². The predicted octanol–water partition coefficient (Wildman–Crippen LogP) is 0.640. The van der Waals surface area contributed by atoms with Crippen molar-refractivity contribution in [2.45, 2.75) is 13.0 Å². The van der Waals surface area contributed by atoms with Gasteiger partial charge in [-0.2, -0.15) is 0 Å². The number of carbonyl (C=O) groups is 1. The second kappa shape index (κ2) is 6.81. The van der Waals surface area contributed by atoms with Crippen molar-refractivity contribution >= 4 is 11.6 Å². The number of hydrogen-bond donors (Lipinski definition) is 2. The molecule has 1 unspecified atom stereocenters. The van der Waals surface area contributed by atoms with Crippen molar-refractivity contribution in [2.24, 2.45) is 0 Å². The maximum Gasteiger partial charge on any atom is 0.285 e. The van der Waals surface area contributed by atoms with E-state index in [1.54, 1.807) is 19.1 Å². The van der Waals surface area contributed by atoms with Gasteiger partial charge in [0.15, 0.2) is 0 Å². The molecule has 1 amide bonds. The van der Waals surface area contributed by atoms with Crippen LogP contribution >= 0.6 is 0 Å². The highest BCUT2D eigenvalue weighted by atomic mass is 16.6. The Hall–Kier alpha value is -1.99. The van der Waals surface area contributed by atoms with E-state index in [-0.39, 0.29) is 24.4 Å². The van der Waals surface area contributed by atoms with E-state index in [4.69, 9.17) is 4.74 Å². The maximum atomic E-state index is 11.9. The number of aliphatic hydroxyl groups excluding tert-OH is 1. The molecule has 0 aromatic heterocycles. The Morgan fingerprint density at radius 3 is 2.84 bits per heavy atom. The summed E-state index contributed by atoms with van der Waals surface area (Å²) in [5.74, 6) is -0.592. The summed E-state index contributed by atoms with van der Waals surface area (Å²) in [5, 5.41) is 22.8. The SMILES string of the molecule is COCC(O)CNC(=O)c1cccc(C)c1[N+](=O)[O-]. The molecule has 0 aliphatic heterocycles. The number of benzene rings is 1. The maximum absolute atomic E-state index is 11.9. The van der Waals surface area contributed by atoms with Gasteiger partial charge in [0.2, 0.25) is 0 Å². The van der Waals surface area contributed by atoms with Gasteiger partial charge in [-0.25, -0.2) is 0 Å². The fourth-order valence-corrected chi connectivity index (χ4v) is 1.64. The summed E-state index contributed by atoms with van der Waals surface area (Å²) >= 11 is 0. The molecular formula is C12H16N2O5. The molecule has 1 atom stereocenters. The predicted molar refractivity (Wildman–Crippen MR) is 68.0 cm³/mol. The third-order valence-corrected chi connectivity index (χ3v) is 2.52. The first-order valence-corrected chi connectivity index (χ1v) is 5.66. The van der Waals surface area contributed by atoms with E-state index < -0.39 is 16.9 Å². The topological polar surface area (TPSA) is 102 Å². The Balaban J connectivity index is 2.83. The molecule has 0 saturated carbocycles. The molecule has 1 aromatic rings. The molecule has 0 heterocycles. The number of carbonyl (C=O) groups excluding carboxylic acids is 1. The lowest BCUT2D eigenvalue weighted by Crippen LogP contribution is -2.34. The molecule has 0 bridgehead atoms. The number of methoxy groups -OCH3 is 1. The van der Waals surface area contributed by atoms with Crippen LogP contribution in [0, 0.1) is 17.0 Å². The first-order valence-electron chi connectivity index (χ1n) is 5.66. The minimum absolute atomic E-state index is 0.0189. The monoisotopic (exact) mass is 268 g/mol. The van der Waals surface area contributed by atoms with Crippen LogP contribution in [0.5, 0.6) is 0 Å². The highest BCUT2D eigenvalue weighted by Gasteiger charge is 2.22. The van der Waals surface area contributed by atoms with Gasteiger partial charge in [-0.1, -0.05) is 12.1 Å². The molecule has 0 aliphatic rings. The number of aliphatic hydroxyl groups is 1. The number of nitro benzene ring substituents is 1. The minimum Gasteiger partial charge on any atom is -0.389 e.